The first-order valence-electron chi connectivity index (χ1n) is 10.9. The Bertz CT molecular complexity index is 986. The van der Waals surface area contributed by atoms with Gasteiger partial charge in [-0.25, -0.2) is 0 Å². The van der Waals surface area contributed by atoms with Crippen LogP contribution in [0.5, 0.6) is 5.75 Å². The number of para-hydroxylation sites is 1. The van der Waals surface area contributed by atoms with Crippen LogP contribution in [0.4, 0.5) is 5.69 Å². The Balaban J connectivity index is 1.36. The fourth-order valence-corrected chi connectivity index (χ4v) is 5.45. The van der Waals surface area contributed by atoms with Crippen molar-refractivity contribution in [3.05, 3.63) is 59.7 Å². The van der Waals surface area contributed by atoms with Crippen molar-refractivity contribution in [1.29, 1.82) is 0 Å². The van der Waals surface area contributed by atoms with Gasteiger partial charge in [0.15, 0.2) is 0 Å². The van der Waals surface area contributed by atoms with E-state index in [0.717, 1.165) is 35.4 Å². The van der Waals surface area contributed by atoms with Gasteiger partial charge in [-0.1, -0.05) is 30.3 Å². The van der Waals surface area contributed by atoms with Gasteiger partial charge >= 0.3 is 0 Å². The molecule has 0 bridgehead atoms. The van der Waals surface area contributed by atoms with Crippen LogP contribution >= 0.6 is 0 Å². The summed E-state index contributed by atoms with van der Waals surface area (Å²) in [6, 6.07) is 16.1. The molecule has 1 saturated heterocycles. The molecule has 0 aromatic heterocycles. The lowest BCUT2D eigenvalue weighted by Gasteiger charge is -2.40. The second kappa shape index (κ2) is 6.86. The van der Waals surface area contributed by atoms with Crippen molar-refractivity contribution in [3.8, 4) is 5.75 Å². The lowest BCUT2D eigenvalue weighted by Crippen LogP contribution is -2.52. The molecule has 3 aliphatic rings. The summed E-state index contributed by atoms with van der Waals surface area (Å²) in [6.07, 6.45) is 3.18. The first-order valence-corrected chi connectivity index (χ1v) is 10.9. The molecule has 1 saturated carbocycles. The van der Waals surface area contributed by atoms with Gasteiger partial charge in [0.1, 0.15) is 5.75 Å². The largest absolute Gasteiger partial charge is 0.497 e. The van der Waals surface area contributed by atoms with Crippen LogP contribution in [0.1, 0.15) is 43.7 Å². The number of carbonyl (C=O) groups excluding carboxylic acids is 2. The summed E-state index contributed by atoms with van der Waals surface area (Å²) in [5, 5.41) is 0. The van der Waals surface area contributed by atoms with Gasteiger partial charge in [-0.15, -0.1) is 0 Å². The number of nitrogens with zero attached hydrogens (tertiary/aromatic N) is 2. The third-order valence-corrected chi connectivity index (χ3v) is 7.39. The average Bonchev–Trinajstić information content (AvgIpc) is 3.58. The number of benzene rings is 2. The van der Waals surface area contributed by atoms with Crippen molar-refractivity contribution in [3.63, 3.8) is 0 Å². The monoisotopic (exact) mass is 404 g/mol. The van der Waals surface area contributed by atoms with Crippen LogP contribution in [0.15, 0.2) is 48.5 Å². The number of anilines is 1. The van der Waals surface area contributed by atoms with E-state index in [1.807, 2.05) is 59.2 Å². The molecular formula is C25H28N2O3. The zero-order valence-corrected chi connectivity index (χ0v) is 17.7. The van der Waals surface area contributed by atoms with Gasteiger partial charge in [0.25, 0.3) is 0 Å². The standard InChI is InChI=1S/C25H28N2O3/c1-3-27-21-7-5-4-6-20(21)25(23(27)29)14-16-26(17-15-25)22(28)24(12-13-24)18-8-10-19(30-2)11-9-18/h4-11H,3,12-17H2,1-2H3. The molecule has 2 amide bonds. The van der Waals surface area contributed by atoms with Gasteiger partial charge in [-0.3, -0.25) is 9.59 Å². The fraction of sp³-hybridized carbons (Fsp3) is 0.440. The van der Waals surface area contributed by atoms with E-state index in [0.29, 0.717) is 32.5 Å². The maximum Gasteiger partial charge on any atom is 0.237 e. The van der Waals surface area contributed by atoms with Crippen LogP contribution in [0.2, 0.25) is 0 Å². The number of methoxy groups -OCH3 is 1. The molecule has 5 nitrogen and oxygen atoms in total. The van der Waals surface area contributed by atoms with E-state index in [2.05, 4.69) is 6.07 Å². The molecule has 2 aliphatic heterocycles. The number of piperidine rings is 1. The van der Waals surface area contributed by atoms with Gasteiger partial charge in [0, 0.05) is 25.3 Å². The topological polar surface area (TPSA) is 49.9 Å². The molecule has 1 aliphatic carbocycles. The number of likely N-dealkylation sites (tertiary alicyclic amines) is 1. The highest BCUT2D eigenvalue weighted by Crippen LogP contribution is 2.52. The molecule has 30 heavy (non-hydrogen) atoms. The number of amides is 2. The molecule has 2 aromatic rings. The number of rotatable bonds is 4. The Morgan fingerprint density at radius 3 is 2.27 bits per heavy atom. The SMILES string of the molecule is CCN1C(=O)C2(CCN(C(=O)C3(c4ccc(OC)cc4)CC3)CC2)c2ccccc21. The number of hydrogen-bond donors (Lipinski definition) is 0. The first kappa shape index (κ1) is 19.2. The Hall–Kier alpha value is -2.82. The average molecular weight is 405 g/mol. The molecule has 0 N–H and O–H groups in total. The molecule has 0 atom stereocenters. The van der Waals surface area contributed by atoms with Crippen molar-refractivity contribution in [1.82, 2.24) is 4.90 Å². The van der Waals surface area contributed by atoms with Gasteiger partial charge in [-0.2, -0.15) is 0 Å². The molecular weight excluding hydrogens is 376 g/mol. The number of ether oxygens (including phenoxy) is 1. The van der Waals surface area contributed by atoms with E-state index >= 15 is 0 Å². The highest BCUT2D eigenvalue weighted by Gasteiger charge is 2.56. The third kappa shape index (κ3) is 2.60. The molecule has 2 aromatic carbocycles. The minimum absolute atomic E-state index is 0.203. The molecule has 2 fully saturated rings. The van der Waals surface area contributed by atoms with Crippen LogP contribution in [-0.2, 0) is 20.4 Å². The van der Waals surface area contributed by atoms with Gasteiger partial charge in [0.2, 0.25) is 11.8 Å². The maximum absolute atomic E-state index is 13.5. The molecule has 5 heteroatoms. The second-order valence-electron chi connectivity index (χ2n) is 8.75. The number of likely N-dealkylation sites (N-methyl/N-ethyl adjacent to an activating group) is 1. The van der Waals surface area contributed by atoms with E-state index < -0.39 is 5.41 Å². The van der Waals surface area contributed by atoms with Crippen molar-refractivity contribution >= 4 is 17.5 Å². The Kier molecular flexibility index (Phi) is 4.38. The lowest BCUT2D eigenvalue weighted by atomic mass is 9.73. The fourth-order valence-electron chi connectivity index (χ4n) is 5.45. The van der Waals surface area contributed by atoms with Crippen molar-refractivity contribution in [2.45, 2.75) is 43.4 Å². The predicted molar refractivity (Wildman–Crippen MR) is 116 cm³/mol. The first-order chi connectivity index (χ1) is 14.6. The smallest absolute Gasteiger partial charge is 0.237 e. The molecule has 2 heterocycles. The summed E-state index contributed by atoms with van der Waals surface area (Å²) >= 11 is 0. The van der Waals surface area contributed by atoms with Crippen LogP contribution in [0, 0.1) is 0 Å². The van der Waals surface area contributed by atoms with E-state index in [1.54, 1.807) is 7.11 Å². The van der Waals surface area contributed by atoms with Crippen molar-refractivity contribution in [2.75, 3.05) is 31.6 Å². The van der Waals surface area contributed by atoms with E-state index in [-0.39, 0.29) is 17.2 Å². The summed E-state index contributed by atoms with van der Waals surface area (Å²) in [4.78, 5) is 30.7. The summed E-state index contributed by atoms with van der Waals surface area (Å²) in [5.74, 6) is 1.23. The van der Waals surface area contributed by atoms with Gasteiger partial charge < -0.3 is 14.5 Å². The number of hydrogen-bond acceptors (Lipinski definition) is 3. The quantitative estimate of drug-likeness (QED) is 0.782. The van der Waals surface area contributed by atoms with Crippen LogP contribution < -0.4 is 9.64 Å². The number of fused-ring (bicyclic) bond motifs is 2. The van der Waals surface area contributed by atoms with Crippen LogP contribution in [0.3, 0.4) is 0 Å². The molecule has 0 radical (unpaired) electrons. The summed E-state index contributed by atoms with van der Waals surface area (Å²) in [5.41, 5.74) is 2.40. The van der Waals surface area contributed by atoms with Crippen molar-refractivity contribution in [2.24, 2.45) is 0 Å². The minimum Gasteiger partial charge on any atom is -0.497 e. The Morgan fingerprint density at radius 2 is 1.67 bits per heavy atom. The third-order valence-electron chi connectivity index (χ3n) is 7.39. The zero-order chi connectivity index (χ0) is 20.9. The summed E-state index contributed by atoms with van der Waals surface area (Å²) in [7, 11) is 1.65. The van der Waals surface area contributed by atoms with Gasteiger partial charge in [-0.05, 0) is 61.9 Å². The van der Waals surface area contributed by atoms with Crippen molar-refractivity contribution < 1.29 is 14.3 Å². The summed E-state index contributed by atoms with van der Waals surface area (Å²) < 4.78 is 5.26. The Morgan fingerprint density at radius 1 is 1.00 bits per heavy atom. The van der Waals surface area contributed by atoms with E-state index in [9.17, 15) is 9.59 Å². The van der Waals surface area contributed by atoms with E-state index in [4.69, 9.17) is 4.74 Å². The van der Waals surface area contributed by atoms with E-state index in [1.165, 1.54) is 0 Å². The summed E-state index contributed by atoms with van der Waals surface area (Å²) in [6.45, 7) is 3.97. The van der Waals surface area contributed by atoms with Gasteiger partial charge in [0.05, 0.1) is 17.9 Å². The Labute approximate surface area is 177 Å². The zero-order valence-electron chi connectivity index (χ0n) is 17.7. The number of carbonyl (C=O) groups is 2. The molecule has 156 valence electrons. The highest BCUT2D eigenvalue weighted by molar-refractivity contribution is 6.08. The highest BCUT2D eigenvalue weighted by atomic mass is 16.5. The molecule has 1 spiro atoms. The van der Waals surface area contributed by atoms with Crippen LogP contribution in [0.25, 0.3) is 0 Å². The normalized spacial score (nSPS) is 20.9. The molecule has 5 rings (SSSR count). The second-order valence-corrected chi connectivity index (χ2v) is 8.75. The van der Waals surface area contributed by atoms with Crippen LogP contribution in [-0.4, -0.2) is 43.5 Å². The maximum atomic E-state index is 13.5. The minimum atomic E-state index is -0.472. The predicted octanol–water partition coefficient (Wildman–Crippen LogP) is 3.65. The molecule has 0 unspecified atom stereocenters. The lowest BCUT2D eigenvalue weighted by molar-refractivity contribution is -0.137.